The van der Waals surface area contributed by atoms with Crippen LogP contribution in [-0.2, 0) is 11.3 Å². The van der Waals surface area contributed by atoms with Crippen LogP contribution in [0.4, 0.5) is 5.69 Å². The van der Waals surface area contributed by atoms with Crippen LogP contribution in [0.15, 0.2) is 127 Å². The van der Waals surface area contributed by atoms with E-state index in [1.165, 1.54) is 60.7 Å². The lowest BCUT2D eigenvalue weighted by molar-refractivity contribution is -0.384. The molecule has 0 saturated heterocycles. The van der Waals surface area contributed by atoms with E-state index in [4.69, 9.17) is 18.9 Å². The van der Waals surface area contributed by atoms with Crippen molar-refractivity contribution < 1.29 is 43.0 Å². The maximum atomic E-state index is 13.2. The van der Waals surface area contributed by atoms with Crippen LogP contribution in [0.2, 0.25) is 0 Å². The molecule has 11 nitrogen and oxygen atoms in total. The average Bonchev–Trinajstić information content (AvgIpc) is 3.09. The molecule has 0 amide bonds. The molecule has 0 fully saturated rings. The number of hydrogen-bond donors (Lipinski definition) is 0. The first kappa shape index (κ1) is 30.8. The van der Waals surface area contributed by atoms with Crippen LogP contribution in [-0.4, -0.2) is 28.8 Å². The van der Waals surface area contributed by atoms with Gasteiger partial charge in [0, 0.05) is 12.1 Å². The number of non-ortho nitro benzene ring substituents is 1. The Balaban J connectivity index is 1.54. The summed E-state index contributed by atoms with van der Waals surface area (Å²) in [4.78, 5) is 63.0. The van der Waals surface area contributed by atoms with Gasteiger partial charge in [-0.05, 0) is 66.2 Å². The highest BCUT2D eigenvalue weighted by atomic mass is 16.6. The molecule has 0 radical (unpaired) electrons. The first-order chi connectivity index (χ1) is 22.3. The molecule has 0 saturated carbocycles. The number of rotatable bonds is 10. The summed E-state index contributed by atoms with van der Waals surface area (Å²) in [6.45, 7) is -0.264. The number of nitrogens with zero attached hydrogens (tertiary/aromatic N) is 1. The summed E-state index contributed by atoms with van der Waals surface area (Å²) in [5, 5.41) is 11.0. The van der Waals surface area contributed by atoms with Gasteiger partial charge in [-0.3, -0.25) is 10.1 Å². The number of benzene rings is 5. The molecule has 0 spiro atoms. The Labute approximate surface area is 261 Å². The van der Waals surface area contributed by atoms with Crippen molar-refractivity contribution in [2.45, 2.75) is 6.61 Å². The normalized spacial score (nSPS) is 10.3. The molecule has 0 atom stereocenters. The third-order valence-electron chi connectivity index (χ3n) is 6.40. The van der Waals surface area contributed by atoms with Gasteiger partial charge in [0.15, 0.2) is 11.5 Å². The van der Waals surface area contributed by atoms with Crippen LogP contribution < -0.4 is 14.2 Å². The van der Waals surface area contributed by atoms with Crippen molar-refractivity contribution in [3.63, 3.8) is 0 Å². The quantitative estimate of drug-likeness (QED) is 0.0725. The number of nitro groups is 1. The van der Waals surface area contributed by atoms with Gasteiger partial charge in [0.25, 0.3) is 5.69 Å². The highest BCUT2D eigenvalue weighted by molar-refractivity contribution is 5.97. The molecule has 0 bridgehead atoms. The second kappa shape index (κ2) is 14.2. The fourth-order valence-electron chi connectivity index (χ4n) is 4.08. The molecule has 0 N–H and O–H groups in total. The van der Waals surface area contributed by atoms with Crippen LogP contribution in [0, 0.1) is 10.1 Å². The minimum Gasteiger partial charge on any atom is -0.457 e. The van der Waals surface area contributed by atoms with Crippen molar-refractivity contribution in [2.75, 3.05) is 0 Å². The zero-order chi connectivity index (χ0) is 32.5. The topological polar surface area (TPSA) is 148 Å². The maximum Gasteiger partial charge on any atom is 0.343 e. The zero-order valence-electron chi connectivity index (χ0n) is 23.9. The largest absolute Gasteiger partial charge is 0.457 e. The van der Waals surface area contributed by atoms with E-state index >= 15 is 0 Å². The first-order valence-corrected chi connectivity index (χ1v) is 13.7. The van der Waals surface area contributed by atoms with Crippen molar-refractivity contribution in [3.8, 4) is 17.2 Å². The fourth-order valence-corrected chi connectivity index (χ4v) is 4.08. The van der Waals surface area contributed by atoms with Gasteiger partial charge in [0.2, 0.25) is 5.75 Å². The Morgan fingerprint density at radius 3 is 1.35 bits per heavy atom. The second-order valence-corrected chi connectivity index (χ2v) is 9.57. The number of hydrogen-bond acceptors (Lipinski definition) is 10. The summed E-state index contributed by atoms with van der Waals surface area (Å²) < 4.78 is 22.2. The molecule has 11 heteroatoms. The molecule has 46 heavy (non-hydrogen) atoms. The Hall–Kier alpha value is -6.62. The summed E-state index contributed by atoms with van der Waals surface area (Å²) >= 11 is 0. The monoisotopic (exact) mass is 617 g/mol. The minimum absolute atomic E-state index is 0.134. The predicted molar refractivity (Wildman–Crippen MR) is 163 cm³/mol. The lowest BCUT2D eigenvalue weighted by Crippen LogP contribution is -2.16. The number of nitro benzene ring substituents is 1. The maximum absolute atomic E-state index is 13.2. The minimum atomic E-state index is -0.923. The first-order valence-electron chi connectivity index (χ1n) is 13.7. The molecular weight excluding hydrogens is 594 g/mol. The predicted octanol–water partition coefficient (Wildman–Crippen LogP) is 6.61. The Morgan fingerprint density at radius 2 is 0.935 bits per heavy atom. The third-order valence-corrected chi connectivity index (χ3v) is 6.40. The lowest BCUT2D eigenvalue weighted by atomic mass is 10.1. The highest BCUT2D eigenvalue weighted by Gasteiger charge is 2.26. The van der Waals surface area contributed by atoms with Crippen LogP contribution in [0.25, 0.3) is 0 Å². The fraction of sp³-hybridized carbons (Fsp3) is 0.0286. The van der Waals surface area contributed by atoms with E-state index in [1.54, 1.807) is 54.6 Å². The standard InChI is InChI=1S/C35H23NO10/c37-32(43-22-23-16-18-28(19-17-23)36(41)42)27-20-29(44-33(38)24-10-4-1-5-11-24)31(46-35(40)26-14-8-3-9-15-26)30(21-27)45-34(39)25-12-6-2-7-13-25/h1-21H,22H2. The number of esters is 4. The molecule has 0 aliphatic carbocycles. The molecule has 0 heterocycles. The van der Waals surface area contributed by atoms with Gasteiger partial charge in [0.05, 0.1) is 27.2 Å². The van der Waals surface area contributed by atoms with Crippen LogP contribution >= 0.6 is 0 Å². The molecule has 5 aromatic carbocycles. The summed E-state index contributed by atoms with van der Waals surface area (Å²) in [7, 11) is 0. The Bertz CT molecular complexity index is 1820. The second-order valence-electron chi connectivity index (χ2n) is 9.57. The van der Waals surface area contributed by atoms with Gasteiger partial charge in [-0.1, -0.05) is 54.6 Å². The van der Waals surface area contributed by atoms with Gasteiger partial charge >= 0.3 is 23.9 Å². The van der Waals surface area contributed by atoms with Gasteiger partial charge in [-0.2, -0.15) is 0 Å². The van der Waals surface area contributed by atoms with Gasteiger partial charge < -0.3 is 18.9 Å². The van der Waals surface area contributed by atoms with E-state index in [0.29, 0.717) is 5.56 Å². The number of carbonyl (C=O) groups is 4. The summed E-state index contributed by atoms with van der Waals surface area (Å²) in [5.41, 5.74) is 0.556. The molecule has 0 unspecified atom stereocenters. The third kappa shape index (κ3) is 7.66. The van der Waals surface area contributed by atoms with Crippen molar-refractivity contribution in [3.05, 3.63) is 165 Å². The van der Waals surface area contributed by atoms with Crippen molar-refractivity contribution in [1.82, 2.24) is 0 Å². The molecule has 0 aliphatic heterocycles. The van der Waals surface area contributed by atoms with Crippen LogP contribution in [0.3, 0.4) is 0 Å². The SMILES string of the molecule is O=C(OCc1ccc([N+](=O)[O-])cc1)c1cc(OC(=O)c2ccccc2)c(OC(=O)c2ccccc2)c(OC(=O)c2ccccc2)c1. The van der Waals surface area contributed by atoms with Gasteiger partial charge in [-0.15, -0.1) is 0 Å². The van der Waals surface area contributed by atoms with E-state index in [9.17, 15) is 29.3 Å². The smallest absolute Gasteiger partial charge is 0.343 e. The van der Waals surface area contributed by atoms with E-state index in [-0.39, 0.29) is 34.5 Å². The van der Waals surface area contributed by atoms with Crippen LogP contribution in [0.1, 0.15) is 47.0 Å². The zero-order valence-corrected chi connectivity index (χ0v) is 23.9. The molecule has 5 aromatic rings. The Morgan fingerprint density at radius 1 is 0.522 bits per heavy atom. The molecular formula is C35H23NO10. The van der Waals surface area contributed by atoms with Gasteiger partial charge in [0.1, 0.15) is 6.61 Å². The van der Waals surface area contributed by atoms with Gasteiger partial charge in [-0.25, -0.2) is 19.2 Å². The molecule has 5 rings (SSSR count). The molecule has 0 aliphatic rings. The number of carbonyl (C=O) groups excluding carboxylic acids is 4. The average molecular weight is 618 g/mol. The number of ether oxygens (including phenoxy) is 4. The van der Waals surface area contributed by atoms with Crippen molar-refractivity contribution >= 4 is 29.6 Å². The molecule has 228 valence electrons. The van der Waals surface area contributed by atoms with E-state index in [0.717, 1.165) is 12.1 Å². The summed E-state index contributed by atoms with van der Waals surface area (Å²) in [5.74, 6) is -4.73. The van der Waals surface area contributed by atoms with E-state index in [2.05, 4.69) is 0 Å². The van der Waals surface area contributed by atoms with E-state index < -0.39 is 46.0 Å². The summed E-state index contributed by atoms with van der Waals surface area (Å²) in [6.07, 6.45) is 0. The van der Waals surface area contributed by atoms with E-state index in [1.807, 2.05) is 0 Å². The van der Waals surface area contributed by atoms with Crippen LogP contribution in [0.5, 0.6) is 17.2 Å². The van der Waals surface area contributed by atoms with Crippen molar-refractivity contribution in [2.24, 2.45) is 0 Å². The summed E-state index contributed by atoms with van der Waals surface area (Å²) in [6, 6.07) is 31.4. The highest BCUT2D eigenvalue weighted by Crippen LogP contribution is 2.41. The Kier molecular flexibility index (Phi) is 9.54. The van der Waals surface area contributed by atoms with Crippen molar-refractivity contribution in [1.29, 1.82) is 0 Å². The molecule has 0 aromatic heterocycles. The lowest BCUT2D eigenvalue weighted by Gasteiger charge is -2.16.